The molecule has 1 fully saturated rings. The van der Waals surface area contributed by atoms with E-state index in [4.69, 9.17) is 5.84 Å². The van der Waals surface area contributed by atoms with Crippen LogP contribution in [0.2, 0.25) is 0 Å². The van der Waals surface area contributed by atoms with Gasteiger partial charge in [0.05, 0.1) is 0 Å². The van der Waals surface area contributed by atoms with Crippen LogP contribution in [0.25, 0.3) is 11.6 Å². The summed E-state index contributed by atoms with van der Waals surface area (Å²) in [5, 5.41) is 0. The Kier molecular flexibility index (Phi) is 2.41. The molecule has 0 aliphatic heterocycles. The third-order valence-electron chi connectivity index (χ3n) is 2.66. The van der Waals surface area contributed by atoms with Gasteiger partial charge in [0, 0.05) is 30.1 Å². The van der Waals surface area contributed by atoms with E-state index in [1.54, 1.807) is 18.5 Å². The number of nitrogens with one attached hydrogen (secondary N) is 1. The van der Waals surface area contributed by atoms with Crippen LogP contribution in [0.1, 0.15) is 24.5 Å². The number of hydrazine groups is 1. The number of rotatable bonds is 3. The number of hydrogen-bond donors (Lipinski definition) is 2. The highest BCUT2D eigenvalue weighted by Crippen LogP contribution is 2.39. The van der Waals surface area contributed by atoms with E-state index in [0.717, 1.165) is 5.69 Å². The van der Waals surface area contributed by atoms with Crippen molar-refractivity contribution in [3.63, 3.8) is 0 Å². The minimum absolute atomic E-state index is 0.517. The summed E-state index contributed by atoms with van der Waals surface area (Å²) in [5.41, 5.74) is 3.56. The van der Waals surface area contributed by atoms with Crippen LogP contribution in [0.3, 0.4) is 0 Å². The second-order valence-corrected chi connectivity index (χ2v) is 3.99. The normalized spacial score (nSPS) is 14.6. The van der Waals surface area contributed by atoms with Gasteiger partial charge in [0.25, 0.3) is 0 Å². The molecular weight excluding hydrogens is 216 g/mol. The molecule has 0 saturated heterocycles. The Balaban J connectivity index is 2.06. The Morgan fingerprint density at radius 1 is 1.12 bits per heavy atom. The molecule has 2 aromatic heterocycles. The maximum absolute atomic E-state index is 5.41. The van der Waals surface area contributed by atoms with Crippen molar-refractivity contribution in [1.29, 1.82) is 0 Å². The molecule has 2 aromatic rings. The van der Waals surface area contributed by atoms with Crippen LogP contribution in [-0.4, -0.2) is 19.9 Å². The highest BCUT2D eigenvalue weighted by Gasteiger charge is 2.26. The highest BCUT2D eigenvalue weighted by molar-refractivity contribution is 5.49. The van der Waals surface area contributed by atoms with Crippen molar-refractivity contribution in [3.8, 4) is 11.6 Å². The van der Waals surface area contributed by atoms with Gasteiger partial charge >= 0.3 is 0 Å². The molecule has 3 rings (SSSR count). The molecule has 1 aliphatic rings. The summed E-state index contributed by atoms with van der Waals surface area (Å²) in [6.45, 7) is 0. The standard InChI is InChI=1S/C11H12N6/c12-17-9-6-8(7-2-3-7)15-11(16-9)10-13-4-1-5-14-10/h1,4-7H,2-3,12H2,(H,15,16,17). The highest BCUT2D eigenvalue weighted by atomic mass is 15.3. The molecule has 0 spiro atoms. The first-order valence-electron chi connectivity index (χ1n) is 5.50. The van der Waals surface area contributed by atoms with Crippen LogP contribution in [0.5, 0.6) is 0 Å². The molecule has 86 valence electrons. The largest absolute Gasteiger partial charge is 0.308 e. The first kappa shape index (κ1) is 10.1. The van der Waals surface area contributed by atoms with Crippen molar-refractivity contribution in [2.75, 3.05) is 5.43 Å². The molecule has 0 atom stereocenters. The molecule has 6 nitrogen and oxygen atoms in total. The SMILES string of the molecule is NNc1cc(C2CC2)nc(-c2ncccn2)n1. The summed E-state index contributed by atoms with van der Waals surface area (Å²) >= 11 is 0. The van der Waals surface area contributed by atoms with Crippen molar-refractivity contribution in [1.82, 2.24) is 19.9 Å². The average molecular weight is 228 g/mol. The maximum atomic E-state index is 5.41. The van der Waals surface area contributed by atoms with Gasteiger partial charge in [0.2, 0.25) is 0 Å². The first-order valence-corrected chi connectivity index (χ1v) is 5.50. The summed E-state index contributed by atoms with van der Waals surface area (Å²) in [6, 6.07) is 3.64. The molecular formula is C11H12N6. The summed E-state index contributed by atoms with van der Waals surface area (Å²) < 4.78 is 0. The second kappa shape index (κ2) is 4.06. The molecule has 0 bridgehead atoms. The summed E-state index contributed by atoms with van der Waals surface area (Å²) in [6.07, 6.45) is 5.70. The zero-order chi connectivity index (χ0) is 11.7. The summed E-state index contributed by atoms with van der Waals surface area (Å²) in [5.74, 6) is 7.58. The van der Waals surface area contributed by atoms with Gasteiger partial charge in [-0.3, -0.25) is 0 Å². The Morgan fingerprint density at radius 3 is 2.53 bits per heavy atom. The van der Waals surface area contributed by atoms with Crippen LogP contribution in [-0.2, 0) is 0 Å². The van der Waals surface area contributed by atoms with Crippen LogP contribution in [0.15, 0.2) is 24.5 Å². The third kappa shape index (κ3) is 2.07. The molecule has 1 aliphatic carbocycles. The fourth-order valence-electron chi connectivity index (χ4n) is 1.64. The van der Waals surface area contributed by atoms with Crippen LogP contribution in [0, 0.1) is 0 Å². The topological polar surface area (TPSA) is 89.6 Å². The van der Waals surface area contributed by atoms with Crippen molar-refractivity contribution in [3.05, 3.63) is 30.2 Å². The first-order chi connectivity index (χ1) is 8.36. The number of nitrogen functional groups attached to an aromatic ring is 1. The van der Waals surface area contributed by atoms with Crippen molar-refractivity contribution >= 4 is 5.82 Å². The third-order valence-corrected chi connectivity index (χ3v) is 2.66. The maximum Gasteiger partial charge on any atom is 0.199 e. The summed E-state index contributed by atoms with van der Waals surface area (Å²) in [4.78, 5) is 17.0. The predicted octanol–water partition coefficient (Wildman–Crippen LogP) is 1.10. The van der Waals surface area contributed by atoms with Gasteiger partial charge in [-0.05, 0) is 18.9 Å². The molecule has 0 unspecified atom stereocenters. The predicted molar refractivity (Wildman–Crippen MR) is 62.8 cm³/mol. The van der Waals surface area contributed by atoms with Gasteiger partial charge in [-0.1, -0.05) is 0 Å². The fraction of sp³-hybridized carbons (Fsp3) is 0.273. The monoisotopic (exact) mass is 228 g/mol. The van der Waals surface area contributed by atoms with Crippen LogP contribution >= 0.6 is 0 Å². The molecule has 1 saturated carbocycles. The Labute approximate surface area is 98.3 Å². The molecule has 0 aromatic carbocycles. The minimum atomic E-state index is 0.517. The summed E-state index contributed by atoms with van der Waals surface area (Å²) in [7, 11) is 0. The van der Waals surface area contributed by atoms with Crippen LogP contribution in [0.4, 0.5) is 5.82 Å². The smallest absolute Gasteiger partial charge is 0.199 e. The number of hydrogen-bond acceptors (Lipinski definition) is 6. The lowest BCUT2D eigenvalue weighted by atomic mass is 10.2. The lowest BCUT2D eigenvalue weighted by molar-refractivity contribution is 0.972. The van der Waals surface area contributed by atoms with E-state index in [1.165, 1.54) is 12.8 Å². The van der Waals surface area contributed by atoms with Gasteiger partial charge in [0.1, 0.15) is 5.82 Å². The molecule has 2 heterocycles. The molecule has 3 N–H and O–H groups in total. The Bertz CT molecular complexity index is 523. The lowest BCUT2D eigenvalue weighted by Crippen LogP contribution is -2.11. The van der Waals surface area contributed by atoms with E-state index in [2.05, 4.69) is 25.4 Å². The van der Waals surface area contributed by atoms with Crippen LogP contribution < -0.4 is 11.3 Å². The van der Waals surface area contributed by atoms with Gasteiger partial charge < -0.3 is 5.43 Å². The molecule has 17 heavy (non-hydrogen) atoms. The van der Waals surface area contributed by atoms with Gasteiger partial charge in [-0.2, -0.15) is 0 Å². The Morgan fingerprint density at radius 2 is 1.88 bits per heavy atom. The average Bonchev–Trinajstić information content (AvgIpc) is 3.23. The zero-order valence-electron chi connectivity index (χ0n) is 9.17. The lowest BCUT2D eigenvalue weighted by Gasteiger charge is -2.05. The molecule has 0 amide bonds. The fourth-order valence-corrected chi connectivity index (χ4v) is 1.64. The number of nitrogens with two attached hydrogens (primary N) is 1. The number of nitrogens with zero attached hydrogens (tertiary/aromatic N) is 4. The van der Waals surface area contributed by atoms with Crippen molar-refractivity contribution < 1.29 is 0 Å². The quantitative estimate of drug-likeness (QED) is 0.604. The number of aromatic nitrogens is 4. The molecule has 0 radical (unpaired) electrons. The zero-order valence-corrected chi connectivity index (χ0v) is 9.17. The van der Waals surface area contributed by atoms with E-state index in [9.17, 15) is 0 Å². The van der Waals surface area contributed by atoms with Crippen molar-refractivity contribution in [2.24, 2.45) is 5.84 Å². The number of anilines is 1. The Hall–Kier alpha value is -2.08. The van der Waals surface area contributed by atoms with E-state index in [1.807, 2.05) is 6.07 Å². The van der Waals surface area contributed by atoms with Crippen molar-refractivity contribution in [2.45, 2.75) is 18.8 Å². The molecule has 6 heteroatoms. The van der Waals surface area contributed by atoms with E-state index >= 15 is 0 Å². The van der Waals surface area contributed by atoms with E-state index in [-0.39, 0.29) is 0 Å². The van der Waals surface area contributed by atoms with E-state index < -0.39 is 0 Å². The minimum Gasteiger partial charge on any atom is -0.308 e. The van der Waals surface area contributed by atoms with Gasteiger partial charge in [-0.25, -0.2) is 25.8 Å². The second-order valence-electron chi connectivity index (χ2n) is 3.99. The van der Waals surface area contributed by atoms with Gasteiger partial charge in [0.15, 0.2) is 11.6 Å². The van der Waals surface area contributed by atoms with Gasteiger partial charge in [-0.15, -0.1) is 0 Å². The van der Waals surface area contributed by atoms with E-state index in [0.29, 0.717) is 23.4 Å².